The lowest BCUT2D eigenvalue weighted by Crippen LogP contribution is -2.24. The lowest BCUT2D eigenvalue weighted by molar-refractivity contribution is -0.155. The highest BCUT2D eigenvalue weighted by atomic mass is 16.6. The summed E-state index contributed by atoms with van der Waals surface area (Å²) in [4.78, 5) is 15.5. The summed E-state index contributed by atoms with van der Waals surface area (Å²) in [5.41, 5.74) is 0.493. The van der Waals surface area contributed by atoms with Crippen molar-refractivity contribution >= 4 is 5.97 Å². The molecule has 0 bridgehead atoms. The Morgan fingerprint density at radius 2 is 2.06 bits per heavy atom. The van der Waals surface area contributed by atoms with E-state index in [-0.39, 0.29) is 12.4 Å². The van der Waals surface area contributed by atoms with Gasteiger partial charge in [-0.05, 0) is 39.8 Å². The van der Waals surface area contributed by atoms with Crippen molar-refractivity contribution in [3.63, 3.8) is 0 Å². The molecule has 0 aliphatic rings. The molecule has 0 aliphatic heterocycles. The van der Waals surface area contributed by atoms with Gasteiger partial charge in [0.15, 0.2) is 0 Å². The molecule has 0 amide bonds. The lowest BCUT2D eigenvalue weighted by atomic mass is 10.2. The average molecular weight is 237 g/mol. The van der Waals surface area contributed by atoms with Crippen molar-refractivity contribution in [1.29, 1.82) is 0 Å². The van der Waals surface area contributed by atoms with E-state index in [1.54, 1.807) is 6.20 Å². The van der Waals surface area contributed by atoms with Crippen LogP contribution in [0.25, 0.3) is 0 Å². The number of carbonyl (C=O) groups excluding carboxylic acids is 1. The number of pyridine rings is 1. The normalized spacial score (nSPS) is 11.1. The first-order valence-corrected chi connectivity index (χ1v) is 5.64. The number of carbonyl (C=O) groups is 1. The molecule has 1 aromatic heterocycles. The molecular formula is C13H19NO3. The molecule has 4 heteroatoms. The SMILES string of the molecule is Cc1ccc(OCCC(=O)OC(C)(C)C)cn1. The fraction of sp³-hybridized carbons (Fsp3) is 0.538. The van der Waals surface area contributed by atoms with Crippen molar-refractivity contribution in [2.45, 2.75) is 39.7 Å². The number of rotatable bonds is 4. The Hall–Kier alpha value is -1.58. The Kier molecular flexibility index (Phi) is 4.49. The Morgan fingerprint density at radius 1 is 1.35 bits per heavy atom. The van der Waals surface area contributed by atoms with Crippen LogP contribution in [0.3, 0.4) is 0 Å². The van der Waals surface area contributed by atoms with E-state index in [2.05, 4.69) is 4.98 Å². The van der Waals surface area contributed by atoms with Gasteiger partial charge in [0.25, 0.3) is 0 Å². The van der Waals surface area contributed by atoms with Crippen LogP contribution in [0.2, 0.25) is 0 Å². The Morgan fingerprint density at radius 3 is 2.59 bits per heavy atom. The summed E-state index contributed by atoms with van der Waals surface area (Å²) >= 11 is 0. The second-order valence-electron chi connectivity index (χ2n) is 4.82. The second-order valence-corrected chi connectivity index (χ2v) is 4.82. The summed E-state index contributed by atoms with van der Waals surface area (Å²) in [6, 6.07) is 3.69. The summed E-state index contributed by atoms with van der Waals surface area (Å²) in [5.74, 6) is 0.414. The van der Waals surface area contributed by atoms with E-state index in [1.807, 2.05) is 39.8 Å². The van der Waals surface area contributed by atoms with Gasteiger partial charge < -0.3 is 9.47 Å². The van der Waals surface area contributed by atoms with Gasteiger partial charge in [-0.15, -0.1) is 0 Å². The van der Waals surface area contributed by atoms with Crippen molar-refractivity contribution < 1.29 is 14.3 Å². The van der Waals surface area contributed by atoms with E-state index in [4.69, 9.17) is 9.47 Å². The van der Waals surface area contributed by atoms with E-state index in [0.717, 1.165) is 5.69 Å². The number of hydrogen-bond donors (Lipinski definition) is 0. The van der Waals surface area contributed by atoms with Crippen molar-refractivity contribution in [1.82, 2.24) is 4.98 Å². The second kappa shape index (κ2) is 5.66. The van der Waals surface area contributed by atoms with Gasteiger partial charge in [0.2, 0.25) is 0 Å². The molecule has 0 N–H and O–H groups in total. The number of nitrogens with zero attached hydrogens (tertiary/aromatic N) is 1. The topological polar surface area (TPSA) is 48.4 Å². The third-order valence-corrected chi connectivity index (χ3v) is 1.88. The molecule has 0 unspecified atom stereocenters. The van der Waals surface area contributed by atoms with Crippen LogP contribution < -0.4 is 4.74 Å². The zero-order chi connectivity index (χ0) is 12.9. The number of esters is 1. The number of hydrogen-bond acceptors (Lipinski definition) is 4. The minimum atomic E-state index is -0.442. The molecular weight excluding hydrogens is 218 g/mol. The summed E-state index contributed by atoms with van der Waals surface area (Å²) < 4.78 is 10.5. The first kappa shape index (κ1) is 13.5. The van der Waals surface area contributed by atoms with Crippen molar-refractivity contribution in [2.75, 3.05) is 6.61 Å². The van der Waals surface area contributed by atoms with Crippen LogP contribution in [0, 0.1) is 6.92 Å². The quantitative estimate of drug-likeness (QED) is 0.755. The van der Waals surface area contributed by atoms with Crippen LogP contribution in [0.4, 0.5) is 0 Å². The van der Waals surface area contributed by atoms with Gasteiger partial charge in [-0.25, -0.2) is 0 Å². The molecule has 94 valence electrons. The highest BCUT2D eigenvalue weighted by Crippen LogP contribution is 2.11. The van der Waals surface area contributed by atoms with E-state index in [0.29, 0.717) is 12.4 Å². The predicted molar refractivity (Wildman–Crippen MR) is 64.9 cm³/mol. The molecule has 1 rings (SSSR count). The van der Waals surface area contributed by atoms with Gasteiger partial charge in [-0.2, -0.15) is 0 Å². The third kappa shape index (κ3) is 5.90. The maximum Gasteiger partial charge on any atom is 0.309 e. The van der Waals surface area contributed by atoms with E-state index >= 15 is 0 Å². The van der Waals surface area contributed by atoms with Gasteiger partial charge in [-0.1, -0.05) is 0 Å². The van der Waals surface area contributed by atoms with Crippen LogP contribution in [0.1, 0.15) is 32.9 Å². The van der Waals surface area contributed by atoms with Crippen LogP contribution >= 0.6 is 0 Å². The maximum atomic E-state index is 11.4. The standard InChI is InChI=1S/C13H19NO3/c1-10-5-6-11(9-14-10)16-8-7-12(15)17-13(2,3)4/h5-6,9H,7-8H2,1-4H3. The van der Waals surface area contributed by atoms with Crippen molar-refractivity contribution in [2.24, 2.45) is 0 Å². The fourth-order valence-corrected chi connectivity index (χ4v) is 1.18. The van der Waals surface area contributed by atoms with Crippen molar-refractivity contribution in [3.05, 3.63) is 24.0 Å². The van der Waals surface area contributed by atoms with Gasteiger partial charge in [0, 0.05) is 5.69 Å². The van der Waals surface area contributed by atoms with E-state index < -0.39 is 5.60 Å². The third-order valence-electron chi connectivity index (χ3n) is 1.88. The molecule has 0 radical (unpaired) electrons. The predicted octanol–water partition coefficient (Wildman–Crippen LogP) is 2.50. The first-order chi connectivity index (χ1) is 7.87. The molecule has 0 saturated heterocycles. The zero-order valence-corrected chi connectivity index (χ0v) is 10.8. The molecule has 0 spiro atoms. The molecule has 0 fully saturated rings. The largest absolute Gasteiger partial charge is 0.491 e. The maximum absolute atomic E-state index is 11.4. The molecule has 0 aromatic carbocycles. The summed E-state index contributed by atoms with van der Waals surface area (Å²) in [6.07, 6.45) is 1.88. The zero-order valence-electron chi connectivity index (χ0n) is 10.8. The Bertz CT molecular complexity index is 365. The van der Waals surface area contributed by atoms with Gasteiger partial charge in [0.05, 0.1) is 19.2 Å². The molecule has 0 aliphatic carbocycles. The highest BCUT2D eigenvalue weighted by molar-refractivity contribution is 5.69. The van der Waals surface area contributed by atoms with E-state index in [1.165, 1.54) is 0 Å². The monoisotopic (exact) mass is 237 g/mol. The minimum Gasteiger partial charge on any atom is -0.491 e. The van der Waals surface area contributed by atoms with Gasteiger partial charge >= 0.3 is 5.97 Å². The molecule has 17 heavy (non-hydrogen) atoms. The van der Waals surface area contributed by atoms with Crippen molar-refractivity contribution in [3.8, 4) is 5.75 Å². The fourth-order valence-electron chi connectivity index (χ4n) is 1.18. The van der Waals surface area contributed by atoms with Gasteiger partial charge in [0.1, 0.15) is 11.4 Å². The van der Waals surface area contributed by atoms with Crippen LogP contribution in [-0.2, 0) is 9.53 Å². The molecule has 0 atom stereocenters. The Balaban J connectivity index is 2.28. The van der Waals surface area contributed by atoms with Crippen LogP contribution in [0.15, 0.2) is 18.3 Å². The van der Waals surface area contributed by atoms with Crippen LogP contribution in [0.5, 0.6) is 5.75 Å². The molecule has 1 heterocycles. The summed E-state index contributed by atoms with van der Waals surface area (Å²) in [5, 5.41) is 0. The minimum absolute atomic E-state index is 0.241. The smallest absolute Gasteiger partial charge is 0.309 e. The molecule has 4 nitrogen and oxygen atoms in total. The Labute approximate surface area is 102 Å². The van der Waals surface area contributed by atoms with Crippen LogP contribution in [-0.4, -0.2) is 23.2 Å². The lowest BCUT2D eigenvalue weighted by Gasteiger charge is -2.19. The highest BCUT2D eigenvalue weighted by Gasteiger charge is 2.15. The molecule has 1 aromatic rings. The number of aryl methyl sites for hydroxylation is 1. The summed E-state index contributed by atoms with van der Waals surface area (Å²) in [7, 11) is 0. The number of aromatic nitrogens is 1. The van der Waals surface area contributed by atoms with Gasteiger partial charge in [-0.3, -0.25) is 9.78 Å². The molecule has 0 saturated carbocycles. The van der Waals surface area contributed by atoms with E-state index in [9.17, 15) is 4.79 Å². The number of ether oxygens (including phenoxy) is 2. The average Bonchev–Trinajstić information content (AvgIpc) is 2.18. The first-order valence-electron chi connectivity index (χ1n) is 5.64. The summed E-state index contributed by atoms with van der Waals surface area (Å²) in [6.45, 7) is 7.74.